The minimum Gasteiger partial charge on any atom is -0.0988 e. The zero-order valence-corrected chi connectivity index (χ0v) is 9.09. The van der Waals surface area contributed by atoms with Gasteiger partial charge in [-0.05, 0) is 25.3 Å². The van der Waals surface area contributed by atoms with Gasteiger partial charge in [-0.1, -0.05) is 61.1 Å². The van der Waals surface area contributed by atoms with Crippen LogP contribution in [0.15, 0.2) is 54.1 Å². The maximum absolute atomic E-state index is 3.81. The molecule has 0 aliphatic rings. The molecule has 0 radical (unpaired) electrons. The third kappa shape index (κ3) is 2.88. The Morgan fingerprint density at radius 3 is 2.43 bits per heavy atom. The largest absolute Gasteiger partial charge is 0.0988 e. The molecule has 0 unspecified atom stereocenters. The first kappa shape index (κ1) is 10.8. The summed E-state index contributed by atoms with van der Waals surface area (Å²) < 4.78 is 0. The molecule has 0 saturated heterocycles. The van der Waals surface area contributed by atoms with Crippen molar-refractivity contribution in [2.45, 2.75) is 26.7 Å². The van der Waals surface area contributed by atoms with Crippen molar-refractivity contribution in [1.29, 1.82) is 0 Å². The summed E-state index contributed by atoms with van der Waals surface area (Å²) >= 11 is 0. The van der Waals surface area contributed by atoms with Crippen LogP contribution in [0.4, 0.5) is 0 Å². The van der Waals surface area contributed by atoms with Crippen molar-refractivity contribution in [3.8, 4) is 0 Å². The molecule has 0 N–H and O–H groups in total. The second-order valence-corrected chi connectivity index (χ2v) is 3.51. The van der Waals surface area contributed by atoms with Crippen LogP contribution in [0.3, 0.4) is 0 Å². The summed E-state index contributed by atoms with van der Waals surface area (Å²) in [6, 6.07) is 10.6. The molecule has 14 heavy (non-hydrogen) atoms. The minimum absolute atomic E-state index is 1.05. The maximum Gasteiger partial charge on any atom is -0.00615 e. The maximum atomic E-state index is 3.81. The molecule has 0 aliphatic heterocycles. The van der Waals surface area contributed by atoms with Crippen LogP contribution < -0.4 is 0 Å². The summed E-state index contributed by atoms with van der Waals surface area (Å²) in [6.45, 7) is 8.15. The normalized spacial score (nSPS) is 12.1. The van der Waals surface area contributed by atoms with E-state index in [0.717, 1.165) is 12.8 Å². The lowest BCUT2D eigenvalue weighted by Gasteiger charge is -2.07. The molecule has 0 spiro atoms. The molecular formula is C14H18. The fraction of sp³-hybridized carbons (Fsp3) is 0.286. The number of rotatable bonds is 4. The van der Waals surface area contributed by atoms with Crippen molar-refractivity contribution in [3.63, 3.8) is 0 Å². The molecule has 1 aromatic rings. The van der Waals surface area contributed by atoms with Crippen LogP contribution in [0.2, 0.25) is 0 Å². The highest BCUT2D eigenvalue weighted by Gasteiger charge is 1.99. The summed E-state index contributed by atoms with van der Waals surface area (Å²) in [5.74, 6) is 0. The second-order valence-electron chi connectivity index (χ2n) is 3.51. The Morgan fingerprint density at radius 2 is 1.93 bits per heavy atom. The molecule has 0 fully saturated rings. The first-order chi connectivity index (χ1) is 6.77. The first-order valence-electron chi connectivity index (χ1n) is 5.13. The monoisotopic (exact) mass is 186 g/mol. The highest BCUT2D eigenvalue weighted by molar-refractivity contribution is 5.28. The summed E-state index contributed by atoms with van der Waals surface area (Å²) in [6.07, 6.45) is 4.10. The lowest BCUT2D eigenvalue weighted by Crippen LogP contribution is -1.91. The van der Waals surface area contributed by atoms with Crippen LogP contribution in [-0.2, 0) is 6.42 Å². The average molecular weight is 186 g/mol. The van der Waals surface area contributed by atoms with E-state index in [9.17, 15) is 0 Å². The van der Waals surface area contributed by atoms with Crippen molar-refractivity contribution in [2.75, 3.05) is 0 Å². The predicted octanol–water partition coefficient (Wildman–Crippen LogP) is 4.14. The molecule has 0 amide bonds. The fourth-order valence-electron chi connectivity index (χ4n) is 1.53. The third-order valence-corrected chi connectivity index (χ3v) is 2.55. The van der Waals surface area contributed by atoms with E-state index in [1.54, 1.807) is 0 Å². The Morgan fingerprint density at radius 1 is 1.29 bits per heavy atom. The van der Waals surface area contributed by atoms with Crippen LogP contribution in [0, 0.1) is 0 Å². The molecular weight excluding hydrogens is 168 g/mol. The molecule has 0 nitrogen and oxygen atoms in total. The number of allylic oxidation sites excluding steroid dienone is 3. The van der Waals surface area contributed by atoms with E-state index < -0.39 is 0 Å². The average Bonchev–Trinajstić information content (AvgIpc) is 2.26. The van der Waals surface area contributed by atoms with Gasteiger partial charge in [-0.15, -0.1) is 0 Å². The van der Waals surface area contributed by atoms with Crippen molar-refractivity contribution in [3.05, 3.63) is 59.7 Å². The lowest BCUT2D eigenvalue weighted by molar-refractivity contribution is 0.982. The van der Waals surface area contributed by atoms with Gasteiger partial charge in [0.1, 0.15) is 0 Å². The number of benzene rings is 1. The SMILES string of the molecule is C=C/C(C)=C(/CC)Cc1ccccc1. The molecule has 0 heteroatoms. The van der Waals surface area contributed by atoms with Gasteiger partial charge in [0, 0.05) is 0 Å². The Labute approximate surface area is 87.0 Å². The Bertz CT molecular complexity index is 317. The van der Waals surface area contributed by atoms with Gasteiger partial charge < -0.3 is 0 Å². The Hall–Kier alpha value is -1.30. The fourth-order valence-corrected chi connectivity index (χ4v) is 1.53. The van der Waals surface area contributed by atoms with Crippen molar-refractivity contribution < 1.29 is 0 Å². The molecule has 0 heterocycles. The van der Waals surface area contributed by atoms with E-state index in [1.165, 1.54) is 16.7 Å². The number of hydrogen-bond acceptors (Lipinski definition) is 0. The molecule has 0 aromatic heterocycles. The van der Waals surface area contributed by atoms with E-state index in [-0.39, 0.29) is 0 Å². The van der Waals surface area contributed by atoms with Gasteiger partial charge in [0.25, 0.3) is 0 Å². The van der Waals surface area contributed by atoms with Gasteiger partial charge in [-0.25, -0.2) is 0 Å². The summed E-state index contributed by atoms with van der Waals surface area (Å²) in [4.78, 5) is 0. The Kier molecular flexibility index (Phi) is 4.18. The van der Waals surface area contributed by atoms with E-state index in [4.69, 9.17) is 0 Å². The summed E-state index contributed by atoms with van der Waals surface area (Å²) in [7, 11) is 0. The molecule has 1 aromatic carbocycles. The quantitative estimate of drug-likeness (QED) is 0.620. The summed E-state index contributed by atoms with van der Waals surface area (Å²) in [5.41, 5.74) is 4.17. The van der Waals surface area contributed by atoms with Gasteiger partial charge in [-0.3, -0.25) is 0 Å². The summed E-state index contributed by atoms with van der Waals surface area (Å²) in [5, 5.41) is 0. The van der Waals surface area contributed by atoms with Gasteiger partial charge in [0.15, 0.2) is 0 Å². The highest BCUT2D eigenvalue weighted by Crippen LogP contribution is 2.15. The second kappa shape index (κ2) is 5.43. The standard InChI is InChI=1S/C14H18/c1-4-12(3)14(5-2)11-13-9-7-6-8-10-13/h4,6-10H,1,5,11H2,2-3H3/b14-12-. The zero-order chi connectivity index (χ0) is 10.4. The van der Waals surface area contributed by atoms with Crippen LogP contribution in [0.1, 0.15) is 25.8 Å². The van der Waals surface area contributed by atoms with Crippen molar-refractivity contribution >= 4 is 0 Å². The van der Waals surface area contributed by atoms with Gasteiger partial charge in [0.05, 0.1) is 0 Å². The lowest BCUT2D eigenvalue weighted by atomic mass is 9.99. The highest BCUT2D eigenvalue weighted by atomic mass is 14.0. The van der Waals surface area contributed by atoms with Gasteiger partial charge in [-0.2, -0.15) is 0 Å². The van der Waals surface area contributed by atoms with Gasteiger partial charge in [0.2, 0.25) is 0 Å². The van der Waals surface area contributed by atoms with Crippen molar-refractivity contribution in [2.24, 2.45) is 0 Å². The smallest absolute Gasteiger partial charge is 0.00615 e. The third-order valence-electron chi connectivity index (χ3n) is 2.55. The van der Waals surface area contributed by atoms with Gasteiger partial charge >= 0.3 is 0 Å². The predicted molar refractivity (Wildman–Crippen MR) is 63.3 cm³/mol. The molecule has 1 rings (SSSR count). The van der Waals surface area contributed by atoms with E-state index in [2.05, 4.69) is 50.8 Å². The van der Waals surface area contributed by atoms with Crippen LogP contribution in [0.5, 0.6) is 0 Å². The molecule has 74 valence electrons. The van der Waals surface area contributed by atoms with Crippen LogP contribution in [0.25, 0.3) is 0 Å². The minimum atomic E-state index is 1.05. The van der Waals surface area contributed by atoms with E-state index >= 15 is 0 Å². The Balaban J connectivity index is 2.82. The molecule has 0 bridgehead atoms. The molecule has 0 aliphatic carbocycles. The number of hydrogen-bond donors (Lipinski definition) is 0. The molecule has 0 saturated carbocycles. The van der Waals surface area contributed by atoms with E-state index in [0.29, 0.717) is 0 Å². The first-order valence-corrected chi connectivity index (χ1v) is 5.13. The van der Waals surface area contributed by atoms with Crippen LogP contribution >= 0.6 is 0 Å². The zero-order valence-electron chi connectivity index (χ0n) is 9.09. The van der Waals surface area contributed by atoms with Crippen LogP contribution in [-0.4, -0.2) is 0 Å². The van der Waals surface area contributed by atoms with Crippen molar-refractivity contribution in [1.82, 2.24) is 0 Å². The molecule has 0 atom stereocenters. The van der Waals surface area contributed by atoms with E-state index in [1.807, 2.05) is 6.08 Å². The topological polar surface area (TPSA) is 0 Å².